The quantitative estimate of drug-likeness (QED) is 0.413. The molecule has 0 unspecified atom stereocenters. The summed E-state index contributed by atoms with van der Waals surface area (Å²) in [6.07, 6.45) is 2.27. The summed E-state index contributed by atoms with van der Waals surface area (Å²) in [5.41, 5.74) is 2.89. The minimum absolute atomic E-state index is 0.0993. The number of aryl methyl sites for hydroxylation is 1. The number of nitrogens with zero attached hydrogens (tertiary/aromatic N) is 5. The van der Waals surface area contributed by atoms with Crippen LogP contribution in [-0.4, -0.2) is 49.0 Å². The Morgan fingerprint density at radius 2 is 2.32 bits per heavy atom. The molecule has 3 aromatic heterocycles. The van der Waals surface area contributed by atoms with Crippen molar-refractivity contribution in [1.82, 2.24) is 24.8 Å². The lowest BCUT2D eigenvalue weighted by Gasteiger charge is -2.10. The largest absolute Gasteiger partial charge is 0.376 e. The Bertz CT molecular complexity index is 942. The van der Waals surface area contributed by atoms with E-state index in [1.54, 1.807) is 16.0 Å². The van der Waals surface area contributed by atoms with Gasteiger partial charge in [-0.3, -0.25) is 4.79 Å². The molecule has 9 heteroatoms. The average Bonchev–Trinajstić information content (AvgIpc) is 3.47. The summed E-state index contributed by atoms with van der Waals surface area (Å²) in [6, 6.07) is 6.16. The van der Waals surface area contributed by atoms with Crippen molar-refractivity contribution in [1.29, 1.82) is 0 Å². The molecule has 0 aliphatic carbocycles. The van der Waals surface area contributed by atoms with Gasteiger partial charge in [0.1, 0.15) is 0 Å². The topological polar surface area (TPSA) is 74.8 Å². The molecule has 4 rings (SSSR count). The third-order valence-corrected chi connectivity index (χ3v) is 6.82. The number of thioether (sulfide) groups is 1. The van der Waals surface area contributed by atoms with Crippen LogP contribution >= 0.6 is 23.1 Å². The highest BCUT2D eigenvalue weighted by Crippen LogP contribution is 2.23. The first-order valence-electron chi connectivity index (χ1n) is 9.34. The molecule has 148 valence electrons. The third-order valence-electron chi connectivity index (χ3n) is 5.00. The lowest BCUT2D eigenvalue weighted by atomic mass is 10.2. The maximum absolute atomic E-state index is 12.9. The summed E-state index contributed by atoms with van der Waals surface area (Å²) in [6.45, 7) is 6.30. The Hall–Kier alpha value is -1.97. The zero-order chi connectivity index (χ0) is 19.5. The van der Waals surface area contributed by atoms with E-state index in [1.807, 2.05) is 19.9 Å². The number of carbonyl (C=O) groups is 1. The van der Waals surface area contributed by atoms with Gasteiger partial charge in [-0.25, -0.2) is 4.68 Å². The summed E-state index contributed by atoms with van der Waals surface area (Å²) in [5.74, 6) is 0.414. The van der Waals surface area contributed by atoms with Crippen LogP contribution in [0.25, 0.3) is 0 Å². The Morgan fingerprint density at radius 1 is 1.43 bits per heavy atom. The molecule has 4 heterocycles. The van der Waals surface area contributed by atoms with Crippen molar-refractivity contribution < 1.29 is 9.53 Å². The van der Waals surface area contributed by atoms with Crippen LogP contribution in [0.1, 0.15) is 39.5 Å². The highest BCUT2D eigenvalue weighted by atomic mass is 32.2. The zero-order valence-electron chi connectivity index (χ0n) is 16.0. The number of hydrogen-bond acceptors (Lipinski definition) is 7. The molecule has 1 aliphatic rings. The first kappa shape index (κ1) is 19.4. The van der Waals surface area contributed by atoms with Gasteiger partial charge in [0.2, 0.25) is 5.16 Å². The van der Waals surface area contributed by atoms with Crippen LogP contribution in [0.15, 0.2) is 28.7 Å². The molecule has 1 aliphatic heterocycles. The van der Waals surface area contributed by atoms with Gasteiger partial charge in [0.25, 0.3) is 0 Å². The molecule has 3 aromatic rings. The zero-order valence-corrected chi connectivity index (χ0v) is 17.6. The summed E-state index contributed by atoms with van der Waals surface area (Å²) in [5, 5.41) is 14.6. The predicted molar refractivity (Wildman–Crippen MR) is 109 cm³/mol. The molecule has 0 saturated carbocycles. The van der Waals surface area contributed by atoms with Gasteiger partial charge in [-0.2, -0.15) is 0 Å². The normalized spacial score (nSPS) is 16.7. The maximum Gasteiger partial charge on any atom is 0.209 e. The fourth-order valence-electron chi connectivity index (χ4n) is 3.49. The minimum Gasteiger partial charge on any atom is -0.376 e. The molecule has 1 fully saturated rings. The summed E-state index contributed by atoms with van der Waals surface area (Å²) < 4.78 is 9.60. The lowest BCUT2D eigenvalue weighted by Crippen LogP contribution is -2.17. The number of Topliss-reactive ketones (excluding diaryl/α,β-unsaturated/α-hetero) is 1. The van der Waals surface area contributed by atoms with Gasteiger partial charge in [-0.15, -0.1) is 16.4 Å². The van der Waals surface area contributed by atoms with Crippen LogP contribution in [0, 0.1) is 13.8 Å². The van der Waals surface area contributed by atoms with E-state index in [0.29, 0.717) is 17.5 Å². The standard InChI is InChI=1S/C19H23N5O2S2/c1-13-9-17(14(2)23(13)11-16-6-4-8-27-16)18(25)12-28-19-20-21-22-24(19)10-15-5-3-7-26-15/h4,6,8-9,15H,3,5,7,10-12H2,1-2H3/t15-/m0/s1. The van der Waals surface area contributed by atoms with E-state index < -0.39 is 0 Å². The molecule has 0 N–H and O–H groups in total. The molecule has 0 spiro atoms. The van der Waals surface area contributed by atoms with Crippen LogP contribution in [0.3, 0.4) is 0 Å². The van der Waals surface area contributed by atoms with Crippen molar-refractivity contribution >= 4 is 28.9 Å². The van der Waals surface area contributed by atoms with Crippen LogP contribution < -0.4 is 0 Å². The molecule has 0 aromatic carbocycles. The highest BCUT2D eigenvalue weighted by Gasteiger charge is 2.21. The monoisotopic (exact) mass is 417 g/mol. The van der Waals surface area contributed by atoms with E-state index in [1.165, 1.54) is 16.6 Å². The predicted octanol–water partition coefficient (Wildman–Crippen LogP) is 3.36. The van der Waals surface area contributed by atoms with Gasteiger partial charge in [0.05, 0.1) is 24.9 Å². The van der Waals surface area contributed by atoms with Crippen LogP contribution in [-0.2, 0) is 17.8 Å². The molecule has 0 bridgehead atoms. The van der Waals surface area contributed by atoms with Crippen molar-refractivity contribution in [3.63, 3.8) is 0 Å². The molecule has 7 nitrogen and oxygen atoms in total. The van der Waals surface area contributed by atoms with Crippen molar-refractivity contribution in [2.75, 3.05) is 12.4 Å². The van der Waals surface area contributed by atoms with Crippen LogP contribution in [0.2, 0.25) is 0 Å². The van der Waals surface area contributed by atoms with Crippen molar-refractivity contribution in [3.05, 3.63) is 45.4 Å². The number of ether oxygens (including phenoxy) is 1. The molecule has 0 radical (unpaired) electrons. The first-order chi connectivity index (χ1) is 13.6. The van der Waals surface area contributed by atoms with E-state index >= 15 is 0 Å². The molecule has 0 amide bonds. The Morgan fingerprint density at radius 3 is 3.07 bits per heavy atom. The Kier molecular flexibility index (Phi) is 5.93. The molecule has 28 heavy (non-hydrogen) atoms. The summed E-state index contributed by atoms with van der Waals surface area (Å²) >= 11 is 3.11. The number of hydrogen-bond donors (Lipinski definition) is 0. The molecule has 1 atom stereocenters. The molecular formula is C19H23N5O2S2. The second kappa shape index (κ2) is 8.59. The number of thiophene rings is 1. The number of aromatic nitrogens is 5. The Labute approximate surface area is 172 Å². The van der Waals surface area contributed by atoms with Crippen molar-refractivity contribution in [2.24, 2.45) is 0 Å². The summed E-state index contributed by atoms with van der Waals surface area (Å²) in [7, 11) is 0. The van der Waals surface area contributed by atoms with E-state index in [-0.39, 0.29) is 11.9 Å². The SMILES string of the molecule is Cc1cc(C(=O)CSc2nnnn2C[C@@H]2CCCO2)c(C)n1Cc1cccs1. The number of tetrazole rings is 1. The number of rotatable bonds is 8. The lowest BCUT2D eigenvalue weighted by molar-refractivity contribution is 0.0912. The fourth-order valence-corrected chi connectivity index (χ4v) is 4.95. The van der Waals surface area contributed by atoms with E-state index in [2.05, 4.69) is 37.6 Å². The highest BCUT2D eigenvalue weighted by molar-refractivity contribution is 7.99. The van der Waals surface area contributed by atoms with Gasteiger partial charge in [0, 0.05) is 28.4 Å². The Balaban J connectivity index is 1.41. The molecular weight excluding hydrogens is 394 g/mol. The van der Waals surface area contributed by atoms with Gasteiger partial charge in [-0.1, -0.05) is 17.8 Å². The molecule has 1 saturated heterocycles. The van der Waals surface area contributed by atoms with Crippen LogP contribution in [0.5, 0.6) is 0 Å². The van der Waals surface area contributed by atoms with Crippen molar-refractivity contribution in [2.45, 2.75) is 51.0 Å². The number of ketones is 1. The third kappa shape index (κ3) is 4.21. The van der Waals surface area contributed by atoms with E-state index in [4.69, 9.17) is 4.74 Å². The van der Waals surface area contributed by atoms with E-state index in [9.17, 15) is 4.79 Å². The number of carbonyl (C=O) groups excluding carboxylic acids is 1. The first-order valence-corrected chi connectivity index (χ1v) is 11.2. The van der Waals surface area contributed by atoms with Crippen LogP contribution in [0.4, 0.5) is 0 Å². The average molecular weight is 418 g/mol. The summed E-state index contributed by atoms with van der Waals surface area (Å²) in [4.78, 5) is 14.1. The van der Waals surface area contributed by atoms with Gasteiger partial charge >= 0.3 is 0 Å². The van der Waals surface area contributed by atoms with E-state index in [0.717, 1.165) is 42.9 Å². The van der Waals surface area contributed by atoms with Crippen molar-refractivity contribution in [3.8, 4) is 0 Å². The minimum atomic E-state index is 0.0993. The maximum atomic E-state index is 12.9. The second-order valence-corrected chi connectivity index (χ2v) is 8.92. The van der Waals surface area contributed by atoms with Gasteiger partial charge in [0.15, 0.2) is 5.78 Å². The van der Waals surface area contributed by atoms with Gasteiger partial charge < -0.3 is 9.30 Å². The smallest absolute Gasteiger partial charge is 0.209 e. The van der Waals surface area contributed by atoms with Gasteiger partial charge in [-0.05, 0) is 54.6 Å². The second-order valence-electron chi connectivity index (χ2n) is 6.94. The fraction of sp³-hybridized carbons (Fsp3) is 0.474.